The van der Waals surface area contributed by atoms with Gasteiger partial charge in [0.05, 0.1) is 31.0 Å². The maximum atomic E-state index is 12.2. The summed E-state index contributed by atoms with van der Waals surface area (Å²) < 4.78 is 5.46. The average molecular weight is 459 g/mol. The van der Waals surface area contributed by atoms with Crippen molar-refractivity contribution in [3.8, 4) is 23.8 Å². The Bertz CT molecular complexity index is 1150. The number of hydrogen-bond acceptors (Lipinski definition) is 7. The second kappa shape index (κ2) is 10.1. The minimum Gasteiger partial charge on any atom is -0.480 e. The molecule has 2 aliphatic carbocycles. The molecular weight excluding hydrogens is 428 g/mol. The summed E-state index contributed by atoms with van der Waals surface area (Å²) in [6.45, 7) is 1.88. The molecule has 1 unspecified atom stereocenters. The minimum absolute atomic E-state index is 0.0640. The largest absolute Gasteiger partial charge is 0.480 e. The molecule has 1 aromatic heterocycles. The topological polar surface area (TPSA) is 112 Å². The van der Waals surface area contributed by atoms with Crippen LogP contribution in [0.3, 0.4) is 0 Å². The van der Waals surface area contributed by atoms with Gasteiger partial charge in [0.25, 0.3) is 0 Å². The highest BCUT2D eigenvalue weighted by Gasteiger charge is 2.56. The molecule has 0 radical (unpaired) electrons. The predicted octanol–water partition coefficient (Wildman–Crippen LogP) is 3.12. The van der Waals surface area contributed by atoms with Crippen LogP contribution in [0.15, 0.2) is 30.5 Å². The quantitative estimate of drug-likeness (QED) is 0.570. The van der Waals surface area contributed by atoms with Gasteiger partial charge < -0.3 is 20.7 Å². The lowest BCUT2D eigenvalue weighted by atomic mass is 9.78. The first-order chi connectivity index (χ1) is 16.5. The van der Waals surface area contributed by atoms with E-state index in [2.05, 4.69) is 43.8 Å². The van der Waals surface area contributed by atoms with E-state index in [1.165, 1.54) is 0 Å². The molecule has 2 saturated carbocycles. The van der Waals surface area contributed by atoms with E-state index in [0.29, 0.717) is 23.0 Å². The van der Waals surface area contributed by atoms with Gasteiger partial charge in [0.2, 0.25) is 17.7 Å². The van der Waals surface area contributed by atoms with Gasteiger partial charge in [0, 0.05) is 17.6 Å². The number of carbonyl (C=O) groups is 1. The van der Waals surface area contributed by atoms with Crippen molar-refractivity contribution in [1.82, 2.24) is 20.6 Å². The van der Waals surface area contributed by atoms with Crippen LogP contribution in [0, 0.1) is 34.5 Å². The van der Waals surface area contributed by atoms with Crippen LogP contribution in [-0.4, -0.2) is 42.1 Å². The van der Waals surface area contributed by atoms with E-state index in [0.717, 1.165) is 37.8 Å². The molecule has 0 aliphatic heterocycles. The van der Waals surface area contributed by atoms with Gasteiger partial charge in [-0.2, -0.15) is 10.2 Å². The summed E-state index contributed by atoms with van der Waals surface area (Å²) in [5, 5.41) is 18.2. The molecule has 1 spiro atoms. The molecule has 8 heteroatoms. The molecule has 0 bridgehead atoms. The molecule has 34 heavy (non-hydrogen) atoms. The zero-order valence-corrected chi connectivity index (χ0v) is 19.8. The molecule has 2 aromatic rings. The summed E-state index contributed by atoms with van der Waals surface area (Å²) in [6, 6.07) is 9.23. The fraction of sp³-hybridized carbons (Fsp3) is 0.462. The van der Waals surface area contributed by atoms with E-state index >= 15 is 0 Å². The predicted molar refractivity (Wildman–Crippen MR) is 129 cm³/mol. The monoisotopic (exact) mass is 458 g/mol. The fourth-order valence-corrected chi connectivity index (χ4v) is 4.60. The Morgan fingerprint density at radius 2 is 2.09 bits per heavy atom. The van der Waals surface area contributed by atoms with Crippen LogP contribution in [-0.2, 0) is 4.79 Å². The van der Waals surface area contributed by atoms with Gasteiger partial charge in [0.15, 0.2) is 0 Å². The lowest BCUT2D eigenvalue weighted by Gasteiger charge is -2.27. The van der Waals surface area contributed by atoms with E-state index < -0.39 is 0 Å². The highest BCUT2D eigenvalue weighted by atomic mass is 16.5. The maximum Gasteiger partial charge on any atom is 0.237 e. The summed E-state index contributed by atoms with van der Waals surface area (Å²) >= 11 is 0. The number of amides is 1. The number of likely N-dealkylation sites (N-methyl/N-ethyl adjacent to an activating group) is 1. The number of methoxy groups -OCH3 is 1. The van der Waals surface area contributed by atoms with Crippen molar-refractivity contribution in [2.75, 3.05) is 19.5 Å². The number of anilines is 2. The van der Waals surface area contributed by atoms with Crippen LogP contribution in [0.25, 0.3) is 0 Å². The van der Waals surface area contributed by atoms with Gasteiger partial charge in [0.1, 0.15) is 5.56 Å². The number of nitrogens with one attached hydrogen (secondary N) is 3. The first-order valence-corrected chi connectivity index (χ1v) is 11.6. The Labute approximate surface area is 200 Å². The summed E-state index contributed by atoms with van der Waals surface area (Å²) in [4.78, 5) is 21.1. The van der Waals surface area contributed by atoms with Crippen molar-refractivity contribution in [3.05, 3.63) is 41.6 Å². The Hall–Kier alpha value is -3.62. The maximum absolute atomic E-state index is 12.2. The molecule has 8 nitrogen and oxygen atoms in total. The zero-order valence-electron chi connectivity index (χ0n) is 19.8. The third-order valence-electron chi connectivity index (χ3n) is 6.84. The van der Waals surface area contributed by atoms with Crippen molar-refractivity contribution in [1.29, 1.82) is 5.26 Å². The molecule has 1 aromatic carbocycles. The van der Waals surface area contributed by atoms with Gasteiger partial charge in [-0.05, 0) is 69.3 Å². The Kier molecular flexibility index (Phi) is 7.00. The molecule has 2 aliphatic rings. The van der Waals surface area contributed by atoms with Crippen LogP contribution in [0.5, 0.6) is 5.88 Å². The molecule has 3 N–H and O–H groups in total. The van der Waals surface area contributed by atoms with Crippen molar-refractivity contribution < 1.29 is 9.53 Å². The number of aromatic nitrogens is 2. The first-order valence-electron chi connectivity index (χ1n) is 11.6. The van der Waals surface area contributed by atoms with Crippen LogP contribution >= 0.6 is 0 Å². The Morgan fingerprint density at radius 1 is 1.29 bits per heavy atom. The van der Waals surface area contributed by atoms with Crippen molar-refractivity contribution in [2.24, 2.45) is 11.3 Å². The molecule has 1 amide bonds. The van der Waals surface area contributed by atoms with E-state index in [1.807, 2.05) is 6.92 Å². The number of hydrogen-bond donors (Lipinski definition) is 3. The standard InChI is InChI=1S/C26H30N6O2/c1-17(28-2)23(33)31-22-14-26(22)12-4-5-18(13-26)6-9-20-16-29-25(32-24(20)34-3)30-21-10-7-19(15-27)8-11-21/h7-8,10-11,16-18,22,28H,4-5,12-14H2,1-3H3,(H,31,33)(H,29,30,32)/t17-,18-,22?,26-/m0/s1. The van der Waals surface area contributed by atoms with Gasteiger partial charge >= 0.3 is 0 Å². The van der Waals surface area contributed by atoms with Gasteiger partial charge in [-0.15, -0.1) is 0 Å². The lowest BCUT2D eigenvalue weighted by Crippen LogP contribution is -2.43. The second-order valence-corrected chi connectivity index (χ2v) is 9.13. The molecule has 176 valence electrons. The summed E-state index contributed by atoms with van der Waals surface area (Å²) in [5.41, 5.74) is 2.21. The van der Waals surface area contributed by atoms with Crippen molar-refractivity contribution in [2.45, 2.75) is 51.1 Å². The van der Waals surface area contributed by atoms with Crippen LogP contribution in [0.4, 0.5) is 11.6 Å². The molecule has 1 heterocycles. The third kappa shape index (κ3) is 5.30. The average Bonchev–Trinajstić information content (AvgIpc) is 3.52. The summed E-state index contributed by atoms with van der Waals surface area (Å²) in [7, 11) is 3.37. The number of benzene rings is 1. The second-order valence-electron chi connectivity index (χ2n) is 9.13. The third-order valence-corrected chi connectivity index (χ3v) is 6.84. The molecule has 2 fully saturated rings. The first kappa shape index (κ1) is 23.5. The number of carbonyl (C=O) groups excluding carboxylic acids is 1. The van der Waals surface area contributed by atoms with Crippen LogP contribution in [0.1, 0.15) is 50.2 Å². The van der Waals surface area contributed by atoms with Gasteiger partial charge in [-0.3, -0.25) is 4.79 Å². The number of rotatable bonds is 6. The normalized spacial score (nSPS) is 23.7. The molecule has 0 saturated heterocycles. The van der Waals surface area contributed by atoms with E-state index in [-0.39, 0.29) is 29.3 Å². The number of nitriles is 1. The van der Waals surface area contributed by atoms with E-state index in [1.54, 1.807) is 44.6 Å². The van der Waals surface area contributed by atoms with Gasteiger partial charge in [-0.25, -0.2) is 4.98 Å². The fourth-order valence-electron chi connectivity index (χ4n) is 4.60. The zero-order chi connectivity index (χ0) is 24.1. The van der Waals surface area contributed by atoms with E-state index in [4.69, 9.17) is 10.00 Å². The van der Waals surface area contributed by atoms with Crippen LogP contribution in [0.2, 0.25) is 0 Å². The highest BCUT2D eigenvalue weighted by Crippen LogP contribution is 2.57. The Morgan fingerprint density at radius 3 is 2.79 bits per heavy atom. The Balaban J connectivity index is 1.40. The summed E-state index contributed by atoms with van der Waals surface area (Å²) in [6.07, 6.45) is 7.03. The highest BCUT2D eigenvalue weighted by molar-refractivity contribution is 5.82. The van der Waals surface area contributed by atoms with Gasteiger partial charge in [-0.1, -0.05) is 18.3 Å². The molecule has 4 atom stereocenters. The van der Waals surface area contributed by atoms with Crippen molar-refractivity contribution >= 4 is 17.5 Å². The SMILES string of the molecule is CN[C@@H](C)C(=O)NC1C[C@@]12CCC[C@@H](C#Cc1cnc(Nc3ccc(C#N)cc3)nc1OC)C2. The minimum atomic E-state index is -0.182. The number of ether oxygens (including phenoxy) is 1. The smallest absolute Gasteiger partial charge is 0.237 e. The van der Waals surface area contributed by atoms with Crippen LogP contribution < -0.4 is 20.7 Å². The number of nitrogens with zero attached hydrogens (tertiary/aromatic N) is 3. The summed E-state index contributed by atoms with van der Waals surface area (Å²) in [5.74, 6) is 7.80. The molecule has 4 rings (SSSR count). The molecular formula is C26H30N6O2. The van der Waals surface area contributed by atoms with Crippen molar-refractivity contribution in [3.63, 3.8) is 0 Å². The van der Waals surface area contributed by atoms with E-state index in [9.17, 15) is 4.79 Å². The lowest BCUT2D eigenvalue weighted by molar-refractivity contribution is -0.123.